The number of hydrogen-bond donors (Lipinski definition) is 3. The van der Waals surface area contributed by atoms with Crippen LogP contribution in [0.5, 0.6) is 0 Å². The molecule has 3 N–H and O–H groups in total. The lowest BCUT2D eigenvalue weighted by Gasteiger charge is -2.46. The van der Waals surface area contributed by atoms with Gasteiger partial charge in [0, 0.05) is 66.5 Å². The van der Waals surface area contributed by atoms with E-state index in [0.29, 0.717) is 24.8 Å². The first-order chi connectivity index (χ1) is 15.5. The summed E-state index contributed by atoms with van der Waals surface area (Å²) in [4.78, 5) is 26.5. The van der Waals surface area contributed by atoms with E-state index in [1.54, 1.807) is 19.0 Å². The zero-order chi connectivity index (χ0) is 23.8. The molecule has 1 aliphatic rings. The second-order valence-corrected chi connectivity index (χ2v) is 10.7. The van der Waals surface area contributed by atoms with Crippen LogP contribution in [-0.4, -0.2) is 57.0 Å². The number of aromatic nitrogens is 3. The van der Waals surface area contributed by atoms with Crippen LogP contribution < -0.4 is 10.6 Å². The summed E-state index contributed by atoms with van der Waals surface area (Å²) in [6.45, 7) is 8.98. The molecular weight excluding hydrogens is 412 g/mol. The van der Waals surface area contributed by atoms with Crippen molar-refractivity contribution in [3.63, 3.8) is 0 Å². The molecule has 0 atom stereocenters. The van der Waals surface area contributed by atoms with Crippen molar-refractivity contribution in [2.45, 2.75) is 70.5 Å². The molecule has 3 aromatic rings. The number of H-pyrrole nitrogens is 1. The van der Waals surface area contributed by atoms with Crippen molar-refractivity contribution < 1.29 is 4.79 Å². The molecule has 3 heterocycles. The Morgan fingerprint density at radius 3 is 2.58 bits per heavy atom. The minimum atomic E-state index is 0.0538. The van der Waals surface area contributed by atoms with E-state index < -0.39 is 0 Å². The Labute approximate surface area is 196 Å². The highest BCUT2D eigenvalue weighted by molar-refractivity contribution is 5.96. The van der Waals surface area contributed by atoms with Crippen LogP contribution >= 0.6 is 0 Å². The number of aromatic amines is 1. The summed E-state index contributed by atoms with van der Waals surface area (Å²) in [5.74, 6) is 0.794. The molecule has 0 radical (unpaired) electrons. The average Bonchev–Trinajstić information content (AvgIpc) is 3.14. The van der Waals surface area contributed by atoms with Gasteiger partial charge in [0.05, 0.1) is 5.69 Å². The predicted octanol–water partition coefficient (Wildman–Crippen LogP) is 4.37. The van der Waals surface area contributed by atoms with Crippen molar-refractivity contribution in [3.8, 4) is 11.3 Å². The SMILES string of the molecule is CN(C)C(=O)CCc1cccc2c(-c3ccnc(NC4CC(C)(C)NC(C)(C)C4)n3)c[nH]c12. The van der Waals surface area contributed by atoms with Crippen molar-refractivity contribution in [2.75, 3.05) is 19.4 Å². The fourth-order valence-corrected chi connectivity index (χ4v) is 5.29. The number of carbonyl (C=O) groups excluding carboxylic acids is 1. The lowest BCUT2D eigenvalue weighted by molar-refractivity contribution is -0.128. The van der Waals surface area contributed by atoms with Gasteiger partial charge in [0.2, 0.25) is 11.9 Å². The van der Waals surface area contributed by atoms with E-state index in [-0.39, 0.29) is 17.0 Å². The van der Waals surface area contributed by atoms with Crippen LogP contribution in [0.1, 0.15) is 52.5 Å². The third-order valence-corrected chi connectivity index (χ3v) is 6.36. The highest BCUT2D eigenvalue weighted by Crippen LogP contribution is 2.32. The van der Waals surface area contributed by atoms with Gasteiger partial charge in [-0.05, 0) is 58.6 Å². The Bertz CT molecular complexity index is 1130. The number of carbonyl (C=O) groups is 1. The third kappa shape index (κ3) is 5.36. The summed E-state index contributed by atoms with van der Waals surface area (Å²) in [7, 11) is 3.59. The summed E-state index contributed by atoms with van der Waals surface area (Å²) in [5, 5.41) is 8.41. The largest absolute Gasteiger partial charge is 0.360 e. The Morgan fingerprint density at radius 2 is 1.88 bits per heavy atom. The summed E-state index contributed by atoms with van der Waals surface area (Å²) >= 11 is 0. The maximum Gasteiger partial charge on any atom is 0.223 e. The quantitative estimate of drug-likeness (QED) is 0.521. The van der Waals surface area contributed by atoms with Gasteiger partial charge in [-0.25, -0.2) is 9.97 Å². The number of aryl methyl sites for hydroxylation is 1. The van der Waals surface area contributed by atoms with Crippen LogP contribution in [0.25, 0.3) is 22.2 Å². The number of fused-ring (bicyclic) bond motifs is 1. The van der Waals surface area contributed by atoms with E-state index in [2.05, 4.69) is 66.5 Å². The number of para-hydroxylation sites is 1. The molecule has 1 aromatic carbocycles. The van der Waals surface area contributed by atoms with E-state index in [1.807, 2.05) is 18.5 Å². The summed E-state index contributed by atoms with van der Waals surface area (Å²) < 4.78 is 0. The van der Waals surface area contributed by atoms with Gasteiger partial charge in [-0.2, -0.15) is 0 Å². The topological polar surface area (TPSA) is 85.9 Å². The first kappa shape index (κ1) is 23.2. The molecule has 176 valence electrons. The molecule has 2 aromatic heterocycles. The third-order valence-electron chi connectivity index (χ3n) is 6.36. The minimum Gasteiger partial charge on any atom is -0.360 e. The van der Waals surface area contributed by atoms with Gasteiger partial charge < -0.3 is 20.5 Å². The fourth-order valence-electron chi connectivity index (χ4n) is 5.29. The van der Waals surface area contributed by atoms with Gasteiger partial charge in [-0.15, -0.1) is 0 Å². The van der Waals surface area contributed by atoms with Crippen LogP contribution in [0.4, 0.5) is 5.95 Å². The smallest absolute Gasteiger partial charge is 0.223 e. The lowest BCUT2D eigenvalue weighted by atomic mass is 9.80. The van der Waals surface area contributed by atoms with Crippen molar-refractivity contribution in [2.24, 2.45) is 0 Å². The molecule has 33 heavy (non-hydrogen) atoms. The Kier molecular flexibility index (Phi) is 6.18. The summed E-state index contributed by atoms with van der Waals surface area (Å²) in [5.41, 5.74) is 4.24. The minimum absolute atomic E-state index is 0.0538. The second kappa shape index (κ2) is 8.78. The van der Waals surface area contributed by atoms with Crippen LogP contribution in [0, 0.1) is 0 Å². The van der Waals surface area contributed by atoms with Crippen molar-refractivity contribution in [1.82, 2.24) is 25.2 Å². The number of rotatable bonds is 6. The highest BCUT2D eigenvalue weighted by Gasteiger charge is 2.37. The van der Waals surface area contributed by atoms with Gasteiger partial charge in [0.1, 0.15) is 0 Å². The van der Waals surface area contributed by atoms with Crippen LogP contribution in [0.15, 0.2) is 36.7 Å². The average molecular weight is 449 g/mol. The van der Waals surface area contributed by atoms with Gasteiger partial charge in [0.15, 0.2) is 0 Å². The normalized spacial score (nSPS) is 17.8. The van der Waals surface area contributed by atoms with E-state index >= 15 is 0 Å². The van der Waals surface area contributed by atoms with Gasteiger partial charge >= 0.3 is 0 Å². The van der Waals surface area contributed by atoms with Crippen molar-refractivity contribution >= 4 is 22.8 Å². The van der Waals surface area contributed by atoms with E-state index in [4.69, 9.17) is 4.98 Å². The fraction of sp³-hybridized carbons (Fsp3) is 0.500. The molecule has 1 saturated heterocycles. The van der Waals surface area contributed by atoms with Gasteiger partial charge in [0.25, 0.3) is 0 Å². The summed E-state index contributed by atoms with van der Waals surface area (Å²) in [6, 6.07) is 8.49. The Hall–Kier alpha value is -2.93. The van der Waals surface area contributed by atoms with E-state index in [0.717, 1.165) is 40.6 Å². The molecule has 4 rings (SSSR count). The zero-order valence-corrected chi connectivity index (χ0v) is 20.6. The standard InChI is InChI=1S/C26H36N6O/c1-25(2)14-18(15-26(3,4)31-25)29-24-27-13-12-21(30-24)20-16-28-23-17(8-7-9-19(20)23)10-11-22(33)32(5)6/h7-9,12-13,16,18,28,31H,10-11,14-15H2,1-6H3,(H,27,29,30). The maximum atomic E-state index is 12.0. The van der Waals surface area contributed by atoms with Gasteiger partial charge in [-0.3, -0.25) is 4.79 Å². The molecule has 0 saturated carbocycles. The number of nitrogens with zero attached hydrogens (tertiary/aromatic N) is 3. The molecule has 1 fully saturated rings. The Balaban J connectivity index is 1.57. The van der Waals surface area contributed by atoms with E-state index in [9.17, 15) is 4.79 Å². The van der Waals surface area contributed by atoms with Gasteiger partial charge in [-0.1, -0.05) is 18.2 Å². The Morgan fingerprint density at radius 1 is 1.15 bits per heavy atom. The number of hydrogen-bond acceptors (Lipinski definition) is 5. The molecular formula is C26H36N6O. The molecule has 1 amide bonds. The van der Waals surface area contributed by atoms with Crippen molar-refractivity contribution in [1.29, 1.82) is 0 Å². The molecule has 7 nitrogen and oxygen atoms in total. The number of benzene rings is 1. The molecule has 0 spiro atoms. The first-order valence-corrected chi connectivity index (χ1v) is 11.7. The van der Waals surface area contributed by atoms with Crippen LogP contribution in [-0.2, 0) is 11.2 Å². The molecule has 0 aliphatic carbocycles. The first-order valence-electron chi connectivity index (χ1n) is 11.7. The molecule has 0 bridgehead atoms. The van der Waals surface area contributed by atoms with Crippen molar-refractivity contribution in [3.05, 3.63) is 42.2 Å². The number of nitrogens with one attached hydrogen (secondary N) is 3. The lowest BCUT2D eigenvalue weighted by Crippen LogP contribution is -2.60. The van der Waals surface area contributed by atoms with Crippen LogP contribution in [0.3, 0.4) is 0 Å². The van der Waals surface area contributed by atoms with Crippen LogP contribution in [0.2, 0.25) is 0 Å². The molecule has 1 aliphatic heterocycles. The monoisotopic (exact) mass is 448 g/mol. The highest BCUT2D eigenvalue weighted by atomic mass is 16.2. The predicted molar refractivity (Wildman–Crippen MR) is 134 cm³/mol. The summed E-state index contributed by atoms with van der Waals surface area (Å²) in [6.07, 6.45) is 7.03. The second-order valence-electron chi connectivity index (χ2n) is 10.7. The number of piperidine rings is 1. The number of amides is 1. The number of anilines is 1. The zero-order valence-electron chi connectivity index (χ0n) is 20.6. The molecule has 7 heteroatoms. The maximum absolute atomic E-state index is 12.0. The van der Waals surface area contributed by atoms with E-state index in [1.165, 1.54) is 0 Å². The molecule has 0 unspecified atom stereocenters.